The standard InChI is InChI=1S/C71H60BN3/c1-45-20-18-21-46(2)66(45)47-42-57-56-44-53(73(50-36-32-48(33-37-50)69(3,4)5)51-38-34-49(35-39-51)70(6,7)8)40-41-63(56)75(52-22-10-9-11-23-52)72-62-30-19-29-61-68(62)74(65(43-47)67(57)72)64-31-17-16-28-60(64)71(61)58-26-14-12-24-54(58)55-25-13-15-27-59(55)71/h9-44H,1-8H3. The highest BCUT2D eigenvalue weighted by Crippen LogP contribution is 2.64. The van der Waals surface area contributed by atoms with E-state index < -0.39 is 5.41 Å². The van der Waals surface area contributed by atoms with E-state index in [1.54, 1.807) is 0 Å². The molecule has 10 aromatic rings. The maximum absolute atomic E-state index is 2.67. The van der Waals surface area contributed by atoms with E-state index in [-0.39, 0.29) is 17.7 Å². The van der Waals surface area contributed by atoms with Crippen molar-refractivity contribution in [3.8, 4) is 33.4 Å². The monoisotopic (exact) mass is 965 g/mol. The van der Waals surface area contributed by atoms with E-state index in [2.05, 4.69) is 288 Å². The second-order valence-electron chi connectivity index (χ2n) is 23.4. The Morgan fingerprint density at radius 2 is 0.947 bits per heavy atom. The molecule has 0 saturated carbocycles. The average Bonchev–Trinajstić information content (AvgIpc) is 3.90. The van der Waals surface area contributed by atoms with Crippen LogP contribution in [-0.4, -0.2) is 6.85 Å². The molecule has 1 aliphatic carbocycles. The van der Waals surface area contributed by atoms with Gasteiger partial charge in [-0.15, -0.1) is 0 Å². The maximum Gasteiger partial charge on any atom is 0.333 e. The highest BCUT2D eigenvalue weighted by molar-refractivity contribution is 6.93. The van der Waals surface area contributed by atoms with Crippen molar-refractivity contribution in [2.45, 2.75) is 71.6 Å². The van der Waals surface area contributed by atoms with Gasteiger partial charge in [0.05, 0.1) is 11.1 Å². The lowest BCUT2D eigenvalue weighted by Gasteiger charge is -2.51. The molecule has 0 radical (unpaired) electrons. The first-order valence-electron chi connectivity index (χ1n) is 26.8. The van der Waals surface area contributed by atoms with Gasteiger partial charge in [0, 0.05) is 45.4 Å². The van der Waals surface area contributed by atoms with Gasteiger partial charge in [0.1, 0.15) is 0 Å². The number of rotatable bonds is 5. The molecule has 4 heteroatoms. The number of aryl methyl sites for hydroxylation is 2. The summed E-state index contributed by atoms with van der Waals surface area (Å²) >= 11 is 0. The topological polar surface area (TPSA) is 9.72 Å². The normalized spacial score (nSPS) is 14.2. The lowest BCUT2D eigenvalue weighted by atomic mass is 9.42. The summed E-state index contributed by atoms with van der Waals surface area (Å²) in [6.45, 7) is 18.2. The van der Waals surface area contributed by atoms with Gasteiger partial charge >= 0.3 is 6.85 Å². The first-order valence-corrected chi connectivity index (χ1v) is 26.8. The van der Waals surface area contributed by atoms with Gasteiger partial charge in [0.25, 0.3) is 0 Å². The first-order chi connectivity index (χ1) is 36.3. The average molecular weight is 966 g/mol. The number of fused-ring (bicyclic) bond motifs is 13. The van der Waals surface area contributed by atoms with Crippen LogP contribution in [0.25, 0.3) is 33.4 Å². The van der Waals surface area contributed by atoms with Crippen LogP contribution < -0.4 is 25.5 Å². The summed E-state index contributed by atoms with van der Waals surface area (Å²) in [6, 6.07) is 83.5. The van der Waals surface area contributed by atoms with Crippen LogP contribution in [0.1, 0.15) is 86.1 Å². The quantitative estimate of drug-likeness (QED) is 0.159. The Kier molecular flexibility index (Phi) is 9.86. The van der Waals surface area contributed by atoms with Gasteiger partial charge in [-0.3, -0.25) is 0 Å². The Labute approximate surface area is 443 Å². The molecule has 0 aromatic heterocycles. The largest absolute Gasteiger partial charge is 0.376 e. The van der Waals surface area contributed by atoms with Crippen LogP contribution in [0, 0.1) is 13.8 Å². The van der Waals surface area contributed by atoms with Crippen LogP contribution in [0.5, 0.6) is 0 Å². The van der Waals surface area contributed by atoms with Gasteiger partial charge in [-0.25, -0.2) is 0 Å². The van der Waals surface area contributed by atoms with Gasteiger partial charge in [-0.1, -0.05) is 187 Å². The molecule has 0 amide bonds. The zero-order valence-corrected chi connectivity index (χ0v) is 44.2. The summed E-state index contributed by atoms with van der Waals surface area (Å²) in [7, 11) is 0. The SMILES string of the molecule is Cc1cccc(C)c1-c1cc2c3c(c1)N1c4ccccc4C4(c5ccccc5-c5ccccc54)c4cccc(c41)B3N(c1ccccc1)c1ccc(N(c3ccc(C(C)(C)C)cc3)c3ccc(C(C)(C)C)cc3)cc1-2. The number of nitrogens with zero attached hydrogens (tertiary/aromatic N) is 3. The summed E-state index contributed by atoms with van der Waals surface area (Å²) in [5, 5.41) is 0. The summed E-state index contributed by atoms with van der Waals surface area (Å²) in [6.07, 6.45) is 0. The number of hydrogen-bond donors (Lipinski definition) is 0. The van der Waals surface area contributed by atoms with Gasteiger partial charge in [-0.2, -0.15) is 0 Å². The van der Waals surface area contributed by atoms with E-state index in [0.29, 0.717) is 0 Å². The Morgan fingerprint density at radius 1 is 0.413 bits per heavy atom. The molecule has 14 rings (SSSR count). The number of anilines is 8. The highest BCUT2D eigenvalue weighted by Gasteiger charge is 2.55. The van der Waals surface area contributed by atoms with Crippen molar-refractivity contribution >= 4 is 63.3 Å². The summed E-state index contributed by atoms with van der Waals surface area (Å²) in [5.74, 6) is 0. The van der Waals surface area contributed by atoms with Crippen LogP contribution in [0.4, 0.5) is 45.5 Å². The van der Waals surface area contributed by atoms with E-state index in [4.69, 9.17) is 0 Å². The predicted molar refractivity (Wildman–Crippen MR) is 318 cm³/mol. The van der Waals surface area contributed by atoms with Crippen molar-refractivity contribution in [2.75, 3.05) is 14.6 Å². The molecule has 0 fully saturated rings. The molecular weight excluding hydrogens is 906 g/mol. The van der Waals surface area contributed by atoms with Crippen LogP contribution in [0.2, 0.25) is 0 Å². The lowest BCUT2D eigenvalue weighted by molar-refractivity contribution is 0.590. The first kappa shape index (κ1) is 45.3. The fourth-order valence-electron chi connectivity index (χ4n) is 13.6. The van der Waals surface area contributed by atoms with Crippen LogP contribution in [0.15, 0.2) is 218 Å². The number of para-hydroxylation sites is 3. The third kappa shape index (κ3) is 6.54. The molecule has 0 saturated heterocycles. The summed E-state index contributed by atoms with van der Waals surface area (Å²) < 4.78 is 0. The fourth-order valence-corrected chi connectivity index (χ4v) is 13.6. The van der Waals surface area contributed by atoms with E-state index in [1.165, 1.54) is 112 Å². The molecule has 4 aliphatic rings. The van der Waals surface area contributed by atoms with E-state index >= 15 is 0 Å². The second-order valence-corrected chi connectivity index (χ2v) is 23.4. The third-order valence-electron chi connectivity index (χ3n) is 17.0. The Balaban J connectivity index is 1.08. The van der Waals surface area contributed by atoms with Crippen molar-refractivity contribution in [2.24, 2.45) is 0 Å². The van der Waals surface area contributed by atoms with Crippen molar-refractivity contribution in [3.63, 3.8) is 0 Å². The molecule has 75 heavy (non-hydrogen) atoms. The molecule has 1 spiro atoms. The van der Waals surface area contributed by atoms with Crippen LogP contribution >= 0.6 is 0 Å². The molecule has 3 nitrogen and oxygen atoms in total. The van der Waals surface area contributed by atoms with Gasteiger partial charge in [-0.05, 0) is 181 Å². The van der Waals surface area contributed by atoms with Crippen LogP contribution in [0.3, 0.4) is 0 Å². The molecule has 0 unspecified atom stereocenters. The molecule has 0 bridgehead atoms. The summed E-state index contributed by atoms with van der Waals surface area (Å²) in [4.78, 5) is 7.78. The predicted octanol–water partition coefficient (Wildman–Crippen LogP) is 17.4. The fraction of sp³-hybridized carbons (Fsp3) is 0.155. The summed E-state index contributed by atoms with van der Waals surface area (Å²) in [5.41, 5.74) is 29.6. The lowest BCUT2D eigenvalue weighted by Crippen LogP contribution is -2.62. The molecule has 0 N–H and O–H groups in total. The van der Waals surface area contributed by atoms with Gasteiger partial charge < -0.3 is 14.6 Å². The van der Waals surface area contributed by atoms with Crippen LogP contribution in [-0.2, 0) is 16.2 Å². The molecule has 362 valence electrons. The third-order valence-corrected chi connectivity index (χ3v) is 17.0. The molecular formula is C71H60BN3. The minimum absolute atomic E-state index is 0.0292. The number of hydrogen-bond acceptors (Lipinski definition) is 3. The minimum atomic E-state index is -0.533. The van der Waals surface area contributed by atoms with E-state index in [1.807, 2.05) is 0 Å². The second kappa shape index (κ2) is 16.3. The van der Waals surface area contributed by atoms with Crippen molar-refractivity contribution in [1.29, 1.82) is 0 Å². The number of benzene rings is 10. The smallest absolute Gasteiger partial charge is 0.333 e. The Morgan fingerprint density at radius 3 is 1.56 bits per heavy atom. The maximum atomic E-state index is 2.67. The Hall–Kier alpha value is -8.34. The van der Waals surface area contributed by atoms with Crippen molar-refractivity contribution in [1.82, 2.24) is 0 Å². The van der Waals surface area contributed by atoms with E-state index in [0.717, 1.165) is 22.7 Å². The minimum Gasteiger partial charge on any atom is -0.376 e. The van der Waals surface area contributed by atoms with Gasteiger partial charge in [0.15, 0.2) is 0 Å². The van der Waals surface area contributed by atoms with Crippen molar-refractivity contribution < 1.29 is 0 Å². The molecule has 3 heterocycles. The highest BCUT2D eigenvalue weighted by atomic mass is 15.2. The zero-order valence-electron chi connectivity index (χ0n) is 44.2. The Bertz CT molecular complexity index is 3830. The van der Waals surface area contributed by atoms with Gasteiger partial charge in [0.2, 0.25) is 0 Å². The molecule has 3 aliphatic heterocycles. The zero-order chi connectivity index (χ0) is 51.1. The molecule has 10 aromatic carbocycles. The molecule has 0 atom stereocenters. The van der Waals surface area contributed by atoms with E-state index in [9.17, 15) is 0 Å². The van der Waals surface area contributed by atoms with Crippen molar-refractivity contribution in [3.05, 3.63) is 263 Å².